The zero-order valence-corrected chi connectivity index (χ0v) is 27.8. The minimum Gasteiger partial charge on any atom is -0.756 e. The van der Waals surface area contributed by atoms with E-state index in [0.29, 0.717) is 24.1 Å². The Morgan fingerprint density at radius 3 is 1.76 bits per heavy atom. The summed E-state index contributed by atoms with van der Waals surface area (Å²) in [5.74, 6) is 0. The Morgan fingerprint density at radius 1 is 0.732 bits per heavy atom. The van der Waals surface area contributed by atoms with E-state index in [-0.39, 0.29) is 6.61 Å². The van der Waals surface area contributed by atoms with E-state index in [4.69, 9.17) is 13.8 Å². The predicted octanol–water partition coefficient (Wildman–Crippen LogP) is 7.67. The maximum Gasteiger partial charge on any atom is 0.268 e. The maximum atomic E-state index is 12.4. The number of ether oxygens (including phenoxy) is 1. The van der Waals surface area contributed by atoms with Crippen molar-refractivity contribution in [2.45, 2.75) is 116 Å². The van der Waals surface area contributed by atoms with Crippen LogP contribution < -0.4 is 4.89 Å². The van der Waals surface area contributed by atoms with E-state index in [9.17, 15) is 14.6 Å². The molecule has 0 saturated heterocycles. The number of hydrogen-bond acceptors (Lipinski definition) is 6. The number of rotatable bonds is 28. The third kappa shape index (κ3) is 27.5. The van der Waals surface area contributed by atoms with Crippen molar-refractivity contribution in [3.63, 3.8) is 0 Å². The summed E-state index contributed by atoms with van der Waals surface area (Å²) >= 11 is 0. The first-order valence-electron chi connectivity index (χ1n) is 15.9. The first-order chi connectivity index (χ1) is 19.6. The van der Waals surface area contributed by atoms with Crippen LogP contribution in [0.2, 0.25) is 0 Å². The van der Waals surface area contributed by atoms with Crippen molar-refractivity contribution >= 4 is 7.82 Å². The third-order valence-electron chi connectivity index (χ3n) is 6.52. The van der Waals surface area contributed by atoms with Crippen molar-refractivity contribution in [2.75, 3.05) is 47.5 Å². The smallest absolute Gasteiger partial charge is 0.268 e. The molecule has 0 aliphatic rings. The van der Waals surface area contributed by atoms with E-state index in [0.717, 1.165) is 57.8 Å². The van der Waals surface area contributed by atoms with E-state index >= 15 is 0 Å². The van der Waals surface area contributed by atoms with Crippen molar-refractivity contribution in [1.29, 1.82) is 0 Å². The van der Waals surface area contributed by atoms with E-state index in [1.807, 2.05) is 21.1 Å². The van der Waals surface area contributed by atoms with Crippen LogP contribution >= 0.6 is 7.82 Å². The normalized spacial score (nSPS) is 16.0. The van der Waals surface area contributed by atoms with Gasteiger partial charge in [0, 0.05) is 6.61 Å². The van der Waals surface area contributed by atoms with Crippen molar-refractivity contribution < 1.29 is 32.8 Å². The van der Waals surface area contributed by atoms with Gasteiger partial charge < -0.3 is 28.3 Å². The Balaban J connectivity index is 4.41. The highest BCUT2D eigenvalue weighted by atomic mass is 31.2. The Kier molecular flexibility index (Phi) is 25.9. The highest BCUT2D eigenvalue weighted by Gasteiger charge is 2.27. The lowest BCUT2D eigenvalue weighted by molar-refractivity contribution is -0.870. The van der Waals surface area contributed by atoms with Gasteiger partial charge in [-0.15, -0.1) is 0 Å². The molecular weight excluding hydrogens is 537 g/mol. The Morgan fingerprint density at radius 2 is 1.24 bits per heavy atom. The number of likely N-dealkylation sites (N-methyl/N-ethyl adjacent to an activating group) is 1. The summed E-state index contributed by atoms with van der Waals surface area (Å²) in [7, 11) is 1.31. The van der Waals surface area contributed by atoms with Crippen LogP contribution in [0.5, 0.6) is 0 Å². The van der Waals surface area contributed by atoms with Crippen LogP contribution in [0.1, 0.15) is 104 Å². The van der Waals surface area contributed by atoms with Crippen molar-refractivity contribution in [2.24, 2.45) is 0 Å². The first kappa shape index (κ1) is 40.0. The molecule has 8 heteroatoms. The molecule has 7 nitrogen and oxygen atoms in total. The van der Waals surface area contributed by atoms with Crippen molar-refractivity contribution in [3.8, 4) is 0 Å². The van der Waals surface area contributed by atoms with Gasteiger partial charge in [0.25, 0.3) is 7.82 Å². The van der Waals surface area contributed by atoms with Crippen LogP contribution in [0.25, 0.3) is 0 Å². The van der Waals surface area contributed by atoms with Gasteiger partial charge in [-0.1, -0.05) is 94.6 Å². The SMILES string of the molecule is CCCCC/C=C\C/C=C\C/C=C\C/C=C\CCCCC(OCCCCC)[C@H](CO)OP(=O)([O-])OCC[N+](C)(C)C. The molecule has 0 spiro atoms. The van der Waals surface area contributed by atoms with Crippen LogP contribution in [0.3, 0.4) is 0 Å². The number of unbranched alkanes of at least 4 members (excludes halogenated alkanes) is 7. The number of aliphatic hydroxyl groups excluding tert-OH is 1. The number of aliphatic hydroxyl groups is 1. The second-order valence-corrected chi connectivity index (χ2v) is 13.0. The molecule has 1 N–H and O–H groups in total. The van der Waals surface area contributed by atoms with Crippen LogP contribution in [0.4, 0.5) is 0 Å². The molecule has 0 radical (unpaired) electrons. The van der Waals surface area contributed by atoms with Crippen LogP contribution in [0.15, 0.2) is 48.6 Å². The van der Waals surface area contributed by atoms with Crippen molar-refractivity contribution in [1.82, 2.24) is 0 Å². The number of hydrogen-bond donors (Lipinski definition) is 1. The number of quaternary nitrogens is 1. The molecule has 0 fully saturated rings. The fourth-order valence-corrected chi connectivity index (χ4v) is 4.87. The molecule has 0 aliphatic heterocycles. The summed E-state index contributed by atoms with van der Waals surface area (Å²) in [5, 5.41) is 9.92. The lowest BCUT2D eigenvalue weighted by Crippen LogP contribution is -2.38. The Labute approximate surface area is 252 Å². The summed E-state index contributed by atoms with van der Waals surface area (Å²) < 4.78 is 29.3. The van der Waals surface area contributed by atoms with Gasteiger partial charge in [0.1, 0.15) is 19.3 Å². The third-order valence-corrected chi connectivity index (χ3v) is 7.55. The molecule has 0 rings (SSSR count). The van der Waals surface area contributed by atoms with E-state index in [1.165, 1.54) is 25.7 Å². The zero-order chi connectivity index (χ0) is 30.7. The molecule has 0 saturated carbocycles. The second-order valence-electron chi connectivity index (χ2n) is 11.6. The lowest BCUT2D eigenvalue weighted by atomic mass is 10.1. The van der Waals surface area contributed by atoms with E-state index in [2.05, 4.69) is 62.5 Å². The summed E-state index contributed by atoms with van der Waals surface area (Å²) in [4.78, 5) is 12.4. The number of nitrogens with zero attached hydrogens (tertiary/aromatic N) is 1. The maximum absolute atomic E-state index is 12.4. The average molecular weight is 600 g/mol. The molecule has 240 valence electrons. The molecular formula is C33H62NO6P. The number of phosphoric ester groups is 1. The monoisotopic (exact) mass is 599 g/mol. The van der Waals surface area contributed by atoms with Crippen LogP contribution in [-0.2, 0) is 18.3 Å². The van der Waals surface area contributed by atoms with Gasteiger partial charge in [0.15, 0.2) is 0 Å². The minimum absolute atomic E-state index is 0.0273. The van der Waals surface area contributed by atoms with E-state index < -0.39 is 26.6 Å². The Hall–Kier alpha value is -1.05. The molecule has 0 aromatic rings. The zero-order valence-electron chi connectivity index (χ0n) is 26.9. The number of phosphoric acid groups is 1. The molecule has 3 atom stereocenters. The van der Waals surface area contributed by atoms with Gasteiger partial charge in [-0.3, -0.25) is 4.57 Å². The van der Waals surface area contributed by atoms with Gasteiger partial charge >= 0.3 is 0 Å². The predicted molar refractivity (Wildman–Crippen MR) is 171 cm³/mol. The Bertz CT molecular complexity index is 759. The molecule has 0 bridgehead atoms. The van der Waals surface area contributed by atoms with Crippen LogP contribution in [0, 0.1) is 0 Å². The highest BCUT2D eigenvalue weighted by molar-refractivity contribution is 7.45. The molecule has 0 amide bonds. The summed E-state index contributed by atoms with van der Waals surface area (Å²) in [6.07, 6.45) is 30.6. The van der Waals surface area contributed by atoms with Gasteiger partial charge in [-0.05, 0) is 57.8 Å². The standard InChI is InChI=1S/C33H62NO6P/c1-6-8-10-11-12-13-14-15-16-17-18-19-20-21-22-23-24-25-27-32(38-29-26-9-7-2)33(31-35)40-41(36,37)39-30-28-34(3,4)5/h12-13,15-16,18-19,21-22,32-33,35H,6-11,14,17,20,23-31H2,1-5H3/b13-12-,16-15-,19-18-,22-21-/t32?,33-/m0/s1. The molecule has 0 aromatic heterocycles. The van der Waals surface area contributed by atoms with E-state index in [1.54, 1.807) is 0 Å². The van der Waals surface area contributed by atoms with Crippen molar-refractivity contribution in [3.05, 3.63) is 48.6 Å². The molecule has 0 heterocycles. The quantitative estimate of drug-likeness (QED) is 0.0430. The topological polar surface area (TPSA) is 88.0 Å². The fourth-order valence-electron chi connectivity index (χ4n) is 3.97. The number of allylic oxidation sites excluding steroid dienone is 8. The fraction of sp³-hybridized carbons (Fsp3) is 0.758. The molecule has 41 heavy (non-hydrogen) atoms. The van der Waals surface area contributed by atoms with Gasteiger partial charge in [-0.25, -0.2) is 0 Å². The highest BCUT2D eigenvalue weighted by Crippen LogP contribution is 2.41. The summed E-state index contributed by atoms with van der Waals surface area (Å²) in [6, 6.07) is 0. The van der Waals surface area contributed by atoms with Crippen LogP contribution in [-0.4, -0.2) is 69.3 Å². The molecule has 0 aromatic carbocycles. The van der Waals surface area contributed by atoms with Gasteiger partial charge in [0.2, 0.25) is 0 Å². The summed E-state index contributed by atoms with van der Waals surface area (Å²) in [6.45, 7) is 4.97. The average Bonchev–Trinajstić information content (AvgIpc) is 2.91. The minimum atomic E-state index is -4.55. The summed E-state index contributed by atoms with van der Waals surface area (Å²) in [5.41, 5.74) is 0. The second kappa shape index (κ2) is 26.6. The molecule has 2 unspecified atom stereocenters. The first-order valence-corrected chi connectivity index (χ1v) is 17.4. The van der Waals surface area contributed by atoms with Gasteiger partial charge in [-0.2, -0.15) is 0 Å². The van der Waals surface area contributed by atoms with Gasteiger partial charge in [0.05, 0.1) is 33.9 Å². The largest absolute Gasteiger partial charge is 0.756 e. The molecule has 0 aliphatic carbocycles. The lowest BCUT2D eigenvalue weighted by Gasteiger charge is -2.33.